The topological polar surface area (TPSA) is 39.2 Å². The van der Waals surface area contributed by atoms with Crippen LogP contribution in [0.3, 0.4) is 0 Å². The lowest BCUT2D eigenvalue weighted by Gasteiger charge is -2.15. The molecule has 1 aromatic heterocycles. The van der Waals surface area contributed by atoms with Crippen molar-refractivity contribution in [3.63, 3.8) is 0 Å². The molecule has 3 nitrogen and oxygen atoms in total. The van der Waals surface area contributed by atoms with Gasteiger partial charge in [-0.05, 0) is 50.1 Å². The molecule has 0 unspecified atom stereocenters. The molecule has 1 heterocycles. The van der Waals surface area contributed by atoms with Crippen molar-refractivity contribution in [3.8, 4) is 11.3 Å². The van der Waals surface area contributed by atoms with Gasteiger partial charge in [-0.15, -0.1) is 0 Å². The molecule has 3 rings (SSSR count). The Kier molecular flexibility index (Phi) is 4.29. The van der Waals surface area contributed by atoms with Crippen molar-refractivity contribution in [2.75, 3.05) is 7.11 Å². The summed E-state index contributed by atoms with van der Waals surface area (Å²) in [4.78, 5) is 17.3. The van der Waals surface area contributed by atoms with Crippen molar-refractivity contribution < 1.29 is 9.53 Å². The Hall–Kier alpha value is -2.39. The average Bonchev–Trinajstić information content (AvgIpc) is 2.55. The number of fused-ring (bicyclic) bond motifs is 1. The van der Waals surface area contributed by atoms with Crippen molar-refractivity contribution >= 4 is 28.5 Å². The maximum absolute atomic E-state index is 12.4. The van der Waals surface area contributed by atoms with Gasteiger partial charge >= 0.3 is 5.97 Å². The largest absolute Gasteiger partial charge is 0.465 e. The van der Waals surface area contributed by atoms with Crippen LogP contribution >= 0.6 is 11.6 Å². The normalized spacial score (nSPS) is 10.9. The zero-order valence-corrected chi connectivity index (χ0v) is 14.9. The SMILES string of the molecule is COC(=O)c1c(C)c(-c2ccc(Cl)cc2)nc2c(C)cc(C)cc12. The van der Waals surface area contributed by atoms with Crippen LogP contribution in [0.1, 0.15) is 27.0 Å². The highest BCUT2D eigenvalue weighted by Crippen LogP contribution is 2.32. The summed E-state index contributed by atoms with van der Waals surface area (Å²) in [6, 6.07) is 11.5. The van der Waals surface area contributed by atoms with Gasteiger partial charge in [-0.2, -0.15) is 0 Å². The molecule has 0 aliphatic rings. The summed E-state index contributed by atoms with van der Waals surface area (Å²) in [5.74, 6) is -0.347. The molecule has 0 spiro atoms. The molecule has 122 valence electrons. The Morgan fingerprint density at radius 3 is 2.38 bits per heavy atom. The smallest absolute Gasteiger partial charge is 0.338 e. The third-order valence-electron chi connectivity index (χ3n) is 4.18. The minimum atomic E-state index is -0.347. The zero-order chi connectivity index (χ0) is 17.4. The van der Waals surface area contributed by atoms with E-state index in [1.807, 2.05) is 51.1 Å². The highest BCUT2D eigenvalue weighted by Gasteiger charge is 2.20. The molecule has 2 aromatic carbocycles. The van der Waals surface area contributed by atoms with Crippen LogP contribution in [0.15, 0.2) is 36.4 Å². The third kappa shape index (κ3) is 2.76. The third-order valence-corrected chi connectivity index (χ3v) is 4.43. The van der Waals surface area contributed by atoms with Crippen molar-refractivity contribution in [1.82, 2.24) is 4.98 Å². The summed E-state index contributed by atoms with van der Waals surface area (Å²) in [7, 11) is 1.40. The van der Waals surface area contributed by atoms with Crippen LogP contribution in [0.4, 0.5) is 0 Å². The van der Waals surface area contributed by atoms with Crippen LogP contribution in [0.2, 0.25) is 5.02 Å². The number of carbonyl (C=O) groups is 1. The second-order valence-corrected chi connectivity index (χ2v) is 6.37. The highest BCUT2D eigenvalue weighted by atomic mass is 35.5. The zero-order valence-electron chi connectivity index (χ0n) is 14.1. The van der Waals surface area contributed by atoms with Gasteiger partial charge in [0.15, 0.2) is 0 Å². The van der Waals surface area contributed by atoms with Gasteiger partial charge in [-0.1, -0.05) is 35.4 Å². The Bertz CT molecular complexity index is 946. The fourth-order valence-corrected chi connectivity index (χ4v) is 3.19. The molecule has 0 bridgehead atoms. The summed E-state index contributed by atoms with van der Waals surface area (Å²) < 4.78 is 5.03. The number of hydrogen-bond donors (Lipinski definition) is 0. The fraction of sp³-hybridized carbons (Fsp3) is 0.200. The minimum absolute atomic E-state index is 0.347. The molecular weight excluding hydrogens is 322 g/mol. The van der Waals surface area contributed by atoms with Crippen LogP contribution in [-0.4, -0.2) is 18.1 Å². The number of rotatable bonds is 2. The molecule has 0 saturated carbocycles. The summed E-state index contributed by atoms with van der Waals surface area (Å²) >= 11 is 5.99. The lowest BCUT2D eigenvalue weighted by Crippen LogP contribution is -2.08. The second kappa shape index (κ2) is 6.25. The monoisotopic (exact) mass is 339 g/mol. The first-order chi connectivity index (χ1) is 11.4. The van der Waals surface area contributed by atoms with E-state index in [9.17, 15) is 4.79 Å². The fourth-order valence-electron chi connectivity index (χ4n) is 3.07. The molecule has 0 atom stereocenters. The van der Waals surface area contributed by atoms with Crippen LogP contribution in [-0.2, 0) is 4.74 Å². The van der Waals surface area contributed by atoms with Gasteiger partial charge in [0.2, 0.25) is 0 Å². The van der Waals surface area contributed by atoms with E-state index in [-0.39, 0.29) is 5.97 Å². The van der Waals surface area contributed by atoms with Crippen molar-refractivity contribution in [2.45, 2.75) is 20.8 Å². The number of carbonyl (C=O) groups excluding carboxylic acids is 1. The number of esters is 1. The molecule has 0 radical (unpaired) electrons. The van der Waals surface area contributed by atoms with Crippen molar-refractivity contribution in [1.29, 1.82) is 0 Å². The van der Waals surface area contributed by atoms with Gasteiger partial charge in [0, 0.05) is 16.0 Å². The number of pyridine rings is 1. The van der Waals surface area contributed by atoms with Crippen LogP contribution in [0, 0.1) is 20.8 Å². The second-order valence-electron chi connectivity index (χ2n) is 5.94. The minimum Gasteiger partial charge on any atom is -0.465 e. The average molecular weight is 340 g/mol. The molecule has 4 heteroatoms. The molecule has 0 N–H and O–H groups in total. The Balaban J connectivity index is 2.42. The van der Waals surface area contributed by atoms with Crippen LogP contribution < -0.4 is 0 Å². The summed E-state index contributed by atoms with van der Waals surface area (Å²) in [5.41, 5.74) is 6.00. The van der Waals surface area contributed by atoms with Gasteiger partial charge in [-0.25, -0.2) is 9.78 Å². The van der Waals surface area contributed by atoms with E-state index in [0.29, 0.717) is 10.6 Å². The van der Waals surface area contributed by atoms with E-state index in [0.717, 1.165) is 38.9 Å². The van der Waals surface area contributed by atoms with E-state index in [1.54, 1.807) is 0 Å². The van der Waals surface area contributed by atoms with Gasteiger partial charge in [-0.3, -0.25) is 0 Å². The molecule has 0 fully saturated rings. The highest BCUT2D eigenvalue weighted by molar-refractivity contribution is 6.30. The number of benzene rings is 2. The lowest BCUT2D eigenvalue weighted by atomic mass is 9.95. The number of aromatic nitrogens is 1. The summed E-state index contributed by atoms with van der Waals surface area (Å²) in [6.07, 6.45) is 0. The molecule has 0 saturated heterocycles. The Morgan fingerprint density at radius 2 is 1.75 bits per heavy atom. The van der Waals surface area contributed by atoms with Crippen LogP contribution in [0.5, 0.6) is 0 Å². The molecule has 0 aliphatic heterocycles. The lowest BCUT2D eigenvalue weighted by molar-refractivity contribution is 0.0602. The van der Waals surface area contributed by atoms with E-state index in [1.165, 1.54) is 7.11 Å². The van der Waals surface area contributed by atoms with Gasteiger partial charge in [0.1, 0.15) is 0 Å². The number of hydrogen-bond acceptors (Lipinski definition) is 3. The van der Waals surface area contributed by atoms with Crippen LogP contribution in [0.25, 0.3) is 22.2 Å². The summed E-state index contributed by atoms with van der Waals surface area (Å²) in [6.45, 7) is 5.92. The summed E-state index contributed by atoms with van der Waals surface area (Å²) in [5, 5.41) is 1.49. The molecule has 0 aliphatic carbocycles. The molecular formula is C20H18ClNO2. The van der Waals surface area contributed by atoms with Gasteiger partial charge < -0.3 is 4.74 Å². The maximum Gasteiger partial charge on any atom is 0.338 e. The molecule has 3 aromatic rings. The van der Waals surface area contributed by atoms with E-state index < -0.39 is 0 Å². The number of halogens is 1. The Labute approximate surface area is 146 Å². The molecule has 24 heavy (non-hydrogen) atoms. The number of aryl methyl sites for hydroxylation is 2. The van der Waals surface area contributed by atoms with E-state index in [4.69, 9.17) is 21.3 Å². The van der Waals surface area contributed by atoms with E-state index in [2.05, 4.69) is 6.07 Å². The van der Waals surface area contributed by atoms with Gasteiger partial charge in [0.25, 0.3) is 0 Å². The predicted octanol–water partition coefficient (Wildman–Crippen LogP) is 5.27. The first-order valence-corrected chi connectivity index (χ1v) is 8.06. The number of ether oxygens (including phenoxy) is 1. The predicted molar refractivity (Wildman–Crippen MR) is 97.7 cm³/mol. The standard InChI is InChI=1S/C20H18ClNO2/c1-11-9-12(2)18-16(10-11)17(20(23)24-4)13(3)19(22-18)14-5-7-15(21)8-6-14/h5-10H,1-4H3. The first kappa shape index (κ1) is 16.5. The first-order valence-electron chi connectivity index (χ1n) is 7.68. The number of nitrogens with zero attached hydrogens (tertiary/aromatic N) is 1. The van der Waals surface area contributed by atoms with Crippen molar-refractivity contribution in [3.05, 3.63) is 63.7 Å². The maximum atomic E-state index is 12.4. The number of methoxy groups -OCH3 is 1. The van der Waals surface area contributed by atoms with Gasteiger partial charge in [0.05, 0.1) is 23.9 Å². The Morgan fingerprint density at radius 1 is 1.08 bits per heavy atom. The van der Waals surface area contributed by atoms with Crippen molar-refractivity contribution in [2.24, 2.45) is 0 Å². The quantitative estimate of drug-likeness (QED) is 0.597. The molecule has 0 amide bonds. The van der Waals surface area contributed by atoms with E-state index >= 15 is 0 Å².